The van der Waals surface area contributed by atoms with Gasteiger partial charge in [-0.05, 0) is 11.6 Å². The molecule has 0 aliphatic carbocycles. The van der Waals surface area contributed by atoms with Crippen molar-refractivity contribution in [1.29, 1.82) is 0 Å². The van der Waals surface area contributed by atoms with Crippen molar-refractivity contribution in [1.82, 2.24) is 10.2 Å². The van der Waals surface area contributed by atoms with Crippen LogP contribution in [0, 0.1) is 0 Å². The lowest BCUT2D eigenvalue weighted by Crippen LogP contribution is -2.47. The van der Waals surface area contributed by atoms with Gasteiger partial charge in [0, 0.05) is 0 Å². The molecule has 1 aromatic carbocycles. The molecular formula is C16H15N3O5S2. The van der Waals surface area contributed by atoms with Crippen LogP contribution in [0.15, 0.2) is 35.2 Å². The maximum absolute atomic E-state index is 12.4. The normalized spacial score (nSPS) is 16.6. The van der Waals surface area contributed by atoms with Crippen molar-refractivity contribution in [2.24, 2.45) is 5.73 Å². The van der Waals surface area contributed by atoms with E-state index in [2.05, 4.69) is 5.32 Å². The Morgan fingerprint density at radius 3 is 2.54 bits per heavy atom. The average Bonchev–Trinajstić information content (AvgIpc) is 2.82. The van der Waals surface area contributed by atoms with E-state index in [9.17, 15) is 19.2 Å². The quantitative estimate of drug-likeness (QED) is 0.450. The zero-order valence-corrected chi connectivity index (χ0v) is 15.0. The van der Waals surface area contributed by atoms with Crippen molar-refractivity contribution in [3.05, 3.63) is 40.8 Å². The van der Waals surface area contributed by atoms with E-state index in [1.807, 2.05) is 30.3 Å². The largest absolute Gasteiger partial charge is 0.480 e. The van der Waals surface area contributed by atoms with Gasteiger partial charge in [0.2, 0.25) is 11.8 Å². The van der Waals surface area contributed by atoms with E-state index >= 15 is 0 Å². The summed E-state index contributed by atoms with van der Waals surface area (Å²) < 4.78 is 0.189. The van der Waals surface area contributed by atoms with Crippen LogP contribution in [0.5, 0.6) is 0 Å². The maximum Gasteiger partial charge on any atom is 0.326 e. The third-order valence-electron chi connectivity index (χ3n) is 3.31. The molecule has 3 amide bonds. The molecule has 4 N–H and O–H groups in total. The van der Waals surface area contributed by atoms with Crippen molar-refractivity contribution in [2.45, 2.75) is 12.5 Å². The Bertz CT molecular complexity index is 794. The van der Waals surface area contributed by atoms with Crippen LogP contribution in [0.1, 0.15) is 12.0 Å². The number of nitrogens with two attached hydrogens (primary N) is 1. The van der Waals surface area contributed by atoms with Gasteiger partial charge in [0.1, 0.15) is 16.9 Å². The highest BCUT2D eigenvalue weighted by Crippen LogP contribution is 2.32. The minimum Gasteiger partial charge on any atom is -0.480 e. The lowest BCUT2D eigenvalue weighted by atomic mass is 10.2. The number of rotatable bonds is 7. The smallest absolute Gasteiger partial charge is 0.326 e. The van der Waals surface area contributed by atoms with Crippen molar-refractivity contribution in [3.63, 3.8) is 0 Å². The molecule has 0 aromatic heterocycles. The van der Waals surface area contributed by atoms with E-state index in [0.717, 1.165) is 22.2 Å². The number of amides is 3. The monoisotopic (exact) mass is 393 g/mol. The number of thiocarbonyl (C=S) groups is 1. The molecule has 0 spiro atoms. The predicted molar refractivity (Wildman–Crippen MR) is 99.7 cm³/mol. The molecule has 0 saturated carbocycles. The average molecular weight is 393 g/mol. The minimum atomic E-state index is -1.46. The van der Waals surface area contributed by atoms with Gasteiger partial charge < -0.3 is 16.2 Å². The Labute approximate surface area is 158 Å². The molecule has 1 aliphatic heterocycles. The summed E-state index contributed by atoms with van der Waals surface area (Å²) in [5.41, 5.74) is 5.77. The Balaban J connectivity index is 2.05. The van der Waals surface area contributed by atoms with Crippen LogP contribution in [0.2, 0.25) is 0 Å². The van der Waals surface area contributed by atoms with E-state index in [1.165, 1.54) is 0 Å². The number of aliphatic carboxylic acids is 1. The van der Waals surface area contributed by atoms with Gasteiger partial charge in [0.15, 0.2) is 0 Å². The van der Waals surface area contributed by atoms with E-state index in [4.69, 9.17) is 23.1 Å². The van der Waals surface area contributed by atoms with Crippen LogP contribution in [-0.4, -0.2) is 50.6 Å². The summed E-state index contributed by atoms with van der Waals surface area (Å²) in [6.07, 6.45) is 1.11. The number of primary amides is 1. The summed E-state index contributed by atoms with van der Waals surface area (Å²) in [6, 6.07) is 7.67. The van der Waals surface area contributed by atoms with Gasteiger partial charge in [-0.15, -0.1) is 0 Å². The van der Waals surface area contributed by atoms with Gasteiger partial charge in [0.25, 0.3) is 5.91 Å². The first-order valence-electron chi connectivity index (χ1n) is 7.39. The summed E-state index contributed by atoms with van der Waals surface area (Å²) in [5, 5.41) is 11.2. The highest BCUT2D eigenvalue weighted by molar-refractivity contribution is 8.26. The molecule has 8 nitrogen and oxygen atoms in total. The van der Waals surface area contributed by atoms with Gasteiger partial charge in [-0.3, -0.25) is 19.3 Å². The number of carboxylic acid groups (broad SMARTS) is 1. The van der Waals surface area contributed by atoms with E-state index in [0.29, 0.717) is 4.91 Å². The standard InChI is InChI=1S/C16H15N3O5S2/c17-12(20)7-10(15(23)24)18-13(21)8-19-14(22)11(26-16(19)25)6-9-4-2-1-3-5-9/h1-6,10H,7-8H2,(H2,17,20)(H,18,21)(H,23,24). The first-order valence-corrected chi connectivity index (χ1v) is 8.61. The fourth-order valence-corrected chi connectivity index (χ4v) is 3.38. The molecule has 1 fully saturated rings. The third-order valence-corrected chi connectivity index (χ3v) is 4.69. The number of benzene rings is 1. The van der Waals surface area contributed by atoms with E-state index in [-0.39, 0.29) is 4.32 Å². The number of hydrogen-bond donors (Lipinski definition) is 3. The fourth-order valence-electron chi connectivity index (χ4n) is 2.12. The lowest BCUT2D eigenvalue weighted by Gasteiger charge is -2.17. The second-order valence-corrected chi connectivity index (χ2v) is 6.98. The Morgan fingerprint density at radius 2 is 1.96 bits per heavy atom. The molecule has 1 unspecified atom stereocenters. The molecule has 2 rings (SSSR count). The van der Waals surface area contributed by atoms with Crippen LogP contribution >= 0.6 is 24.0 Å². The number of thioether (sulfide) groups is 1. The van der Waals surface area contributed by atoms with Crippen LogP contribution < -0.4 is 11.1 Å². The van der Waals surface area contributed by atoms with Gasteiger partial charge in [-0.1, -0.05) is 54.3 Å². The summed E-state index contributed by atoms with van der Waals surface area (Å²) in [6.45, 7) is -0.445. The number of nitrogens with zero attached hydrogens (tertiary/aromatic N) is 1. The third kappa shape index (κ3) is 5.14. The zero-order chi connectivity index (χ0) is 19.3. The SMILES string of the molecule is NC(=O)CC(NC(=O)CN1C(=O)C(=Cc2ccccc2)SC1=S)C(=O)O. The first-order chi connectivity index (χ1) is 12.3. The number of carbonyl (C=O) groups excluding carboxylic acids is 3. The van der Waals surface area contributed by atoms with Crippen molar-refractivity contribution >= 4 is 58.1 Å². The summed E-state index contributed by atoms with van der Waals surface area (Å²) >= 11 is 6.17. The molecule has 136 valence electrons. The van der Waals surface area contributed by atoms with Gasteiger partial charge in [0.05, 0.1) is 11.3 Å². The molecule has 0 radical (unpaired) electrons. The van der Waals surface area contributed by atoms with Gasteiger partial charge in [-0.25, -0.2) is 4.79 Å². The fraction of sp³-hybridized carbons (Fsp3) is 0.188. The maximum atomic E-state index is 12.4. The number of carboxylic acids is 1. The molecule has 26 heavy (non-hydrogen) atoms. The van der Waals surface area contributed by atoms with Crippen molar-refractivity contribution in [2.75, 3.05) is 6.54 Å². The molecular weight excluding hydrogens is 378 g/mol. The highest BCUT2D eigenvalue weighted by atomic mass is 32.2. The molecule has 1 atom stereocenters. The van der Waals surface area contributed by atoms with Crippen molar-refractivity contribution in [3.8, 4) is 0 Å². The molecule has 1 heterocycles. The predicted octanol–water partition coefficient (Wildman–Crippen LogP) is 0.333. The zero-order valence-electron chi connectivity index (χ0n) is 13.4. The van der Waals surface area contributed by atoms with Gasteiger partial charge in [-0.2, -0.15) is 0 Å². The second kappa shape index (κ2) is 8.59. The second-order valence-electron chi connectivity index (χ2n) is 5.31. The molecule has 1 saturated heterocycles. The first kappa shape index (κ1) is 19.6. The minimum absolute atomic E-state index is 0.189. The van der Waals surface area contributed by atoms with Crippen LogP contribution in [0.3, 0.4) is 0 Å². The van der Waals surface area contributed by atoms with E-state index in [1.54, 1.807) is 6.08 Å². The molecule has 1 aromatic rings. The topological polar surface area (TPSA) is 130 Å². The highest BCUT2D eigenvalue weighted by Gasteiger charge is 2.34. The Morgan fingerprint density at radius 1 is 1.31 bits per heavy atom. The van der Waals surface area contributed by atoms with E-state index < -0.39 is 42.7 Å². The number of nitrogens with one attached hydrogen (secondary N) is 1. The summed E-state index contributed by atoms with van der Waals surface area (Å²) in [4.78, 5) is 47.8. The van der Waals surface area contributed by atoms with Crippen LogP contribution in [0.4, 0.5) is 0 Å². The summed E-state index contributed by atoms with van der Waals surface area (Å²) in [7, 11) is 0. The van der Waals surface area contributed by atoms with Crippen LogP contribution in [0.25, 0.3) is 6.08 Å². The molecule has 10 heteroatoms. The number of hydrogen-bond acceptors (Lipinski definition) is 6. The molecule has 0 bridgehead atoms. The Hall–Kier alpha value is -2.72. The van der Waals surface area contributed by atoms with Gasteiger partial charge >= 0.3 is 5.97 Å². The molecule has 1 aliphatic rings. The van der Waals surface area contributed by atoms with Crippen molar-refractivity contribution < 1.29 is 24.3 Å². The number of carbonyl (C=O) groups is 4. The lowest BCUT2D eigenvalue weighted by molar-refractivity contribution is -0.143. The van der Waals surface area contributed by atoms with Crippen LogP contribution in [-0.2, 0) is 19.2 Å². The summed E-state index contributed by atoms with van der Waals surface area (Å²) in [5.74, 6) is -3.46. The Kier molecular flexibility index (Phi) is 6.47.